The van der Waals surface area contributed by atoms with E-state index in [9.17, 15) is 0 Å². The monoisotopic (exact) mass is 584 g/mol. The van der Waals surface area contributed by atoms with Crippen LogP contribution < -0.4 is 0 Å². The lowest BCUT2D eigenvalue weighted by atomic mass is 9.91. The van der Waals surface area contributed by atoms with Crippen molar-refractivity contribution in [1.82, 2.24) is 9.13 Å². The predicted molar refractivity (Wildman–Crippen MR) is 192 cm³/mol. The molecule has 0 amide bonds. The highest BCUT2D eigenvalue weighted by Gasteiger charge is 2.27. The average molecular weight is 585 g/mol. The van der Waals surface area contributed by atoms with Crippen LogP contribution in [-0.4, -0.2) is 9.13 Å². The Hall–Kier alpha value is -5.86. The van der Waals surface area contributed by atoms with E-state index in [0.717, 1.165) is 13.1 Å². The highest BCUT2D eigenvalue weighted by Crippen LogP contribution is 2.48. The first-order valence-electron chi connectivity index (χ1n) is 16.2. The van der Waals surface area contributed by atoms with Crippen LogP contribution in [0.2, 0.25) is 0 Å². The molecule has 0 spiro atoms. The van der Waals surface area contributed by atoms with Crippen LogP contribution in [0.4, 0.5) is 0 Å². The Kier molecular flexibility index (Phi) is 4.71. The average Bonchev–Trinajstić information content (AvgIpc) is 3.60. The second-order valence-electron chi connectivity index (χ2n) is 12.9. The SMILES string of the molecule is c1ccc(-c2cc3c4c(c2)c2cc5c(cc2n4Cc2ccccc2-3)c2cc(-c3ccccc3)cc3c2n5Cc2ccccc2-3)cc1. The van der Waals surface area contributed by atoms with Gasteiger partial charge in [0.05, 0.1) is 22.1 Å². The zero-order valence-electron chi connectivity index (χ0n) is 25.2. The number of rotatable bonds is 2. The third kappa shape index (κ3) is 3.20. The van der Waals surface area contributed by atoms with Gasteiger partial charge in [0.25, 0.3) is 0 Å². The lowest BCUT2D eigenvalue weighted by Crippen LogP contribution is -2.07. The first-order chi connectivity index (χ1) is 22.8. The molecular formula is C44H28N2. The van der Waals surface area contributed by atoms with E-state index >= 15 is 0 Å². The van der Waals surface area contributed by atoms with Gasteiger partial charge in [-0.05, 0) is 80.9 Å². The summed E-state index contributed by atoms with van der Waals surface area (Å²) >= 11 is 0. The van der Waals surface area contributed by atoms with Crippen molar-refractivity contribution in [3.05, 3.63) is 157 Å². The number of nitrogens with zero attached hydrogens (tertiary/aromatic N) is 2. The van der Waals surface area contributed by atoms with Crippen molar-refractivity contribution >= 4 is 43.6 Å². The highest BCUT2D eigenvalue weighted by atomic mass is 15.0. The van der Waals surface area contributed by atoms with Crippen LogP contribution in [-0.2, 0) is 13.1 Å². The molecule has 0 unspecified atom stereocenters. The Balaban J connectivity index is 1.29. The van der Waals surface area contributed by atoms with Crippen molar-refractivity contribution in [1.29, 1.82) is 0 Å². The number of hydrogen-bond donors (Lipinski definition) is 0. The summed E-state index contributed by atoms with van der Waals surface area (Å²) in [5, 5.41) is 5.33. The molecule has 0 saturated carbocycles. The molecule has 0 atom stereocenters. The van der Waals surface area contributed by atoms with E-state index in [4.69, 9.17) is 0 Å². The molecule has 0 bridgehead atoms. The standard InChI is InChI=1S/C44H28N2/c1-3-11-27(12-4-1)31-19-37-33-17-9-7-15-29(33)25-45-41-24-36-40-22-32(28-13-5-2-6-14-28)20-38-34-18-10-8-16-30(34)26-46(44(38)40)42(36)23-35(41)39(21-31)43(37)45/h1-24H,25-26H2. The molecule has 11 rings (SSSR count). The van der Waals surface area contributed by atoms with Gasteiger partial charge in [0.2, 0.25) is 0 Å². The fourth-order valence-electron chi connectivity index (χ4n) is 8.47. The molecule has 0 saturated heterocycles. The van der Waals surface area contributed by atoms with E-state index in [-0.39, 0.29) is 0 Å². The molecule has 0 N–H and O–H groups in total. The Bertz CT molecular complexity index is 2530. The molecule has 0 fully saturated rings. The largest absolute Gasteiger partial charge is 0.335 e. The first kappa shape index (κ1) is 24.5. The topological polar surface area (TPSA) is 9.86 Å². The van der Waals surface area contributed by atoms with E-state index in [1.165, 1.54) is 99.2 Å². The van der Waals surface area contributed by atoms with Crippen LogP contribution in [0.5, 0.6) is 0 Å². The normalized spacial score (nSPS) is 13.0. The van der Waals surface area contributed by atoms with Crippen LogP contribution >= 0.6 is 0 Å². The number of aromatic nitrogens is 2. The van der Waals surface area contributed by atoms with Gasteiger partial charge in [0.15, 0.2) is 0 Å². The number of hydrogen-bond acceptors (Lipinski definition) is 0. The van der Waals surface area contributed by atoms with E-state index in [0.29, 0.717) is 0 Å². The lowest BCUT2D eigenvalue weighted by molar-refractivity contribution is 0.858. The van der Waals surface area contributed by atoms with E-state index in [1.54, 1.807) is 0 Å². The summed E-state index contributed by atoms with van der Waals surface area (Å²) in [6.45, 7) is 1.76. The second-order valence-corrected chi connectivity index (χ2v) is 12.9. The minimum absolute atomic E-state index is 0.879. The molecular weight excluding hydrogens is 556 g/mol. The molecule has 214 valence electrons. The molecule has 46 heavy (non-hydrogen) atoms. The molecule has 2 aliphatic heterocycles. The Morgan fingerprint density at radius 1 is 0.326 bits per heavy atom. The predicted octanol–water partition coefficient (Wildman–Crippen LogP) is 11.3. The maximum absolute atomic E-state index is 2.58. The molecule has 4 heterocycles. The Morgan fingerprint density at radius 2 is 0.739 bits per heavy atom. The third-order valence-corrected chi connectivity index (χ3v) is 10.5. The highest BCUT2D eigenvalue weighted by molar-refractivity contribution is 6.23. The van der Waals surface area contributed by atoms with Gasteiger partial charge in [0.1, 0.15) is 0 Å². The summed E-state index contributed by atoms with van der Waals surface area (Å²) in [7, 11) is 0. The van der Waals surface area contributed by atoms with E-state index < -0.39 is 0 Å². The van der Waals surface area contributed by atoms with Crippen LogP contribution in [0.3, 0.4) is 0 Å². The van der Waals surface area contributed by atoms with Crippen molar-refractivity contribution in [2.24, 2.45) is 0 Å². The second kappa shape index (κ2) is 8.87. The van der Waals surface area contributed by atoms with Gasteiger partial charge in [-0.25, -0.2) is 0 Å². The summed E-state index contributed by atoms with van der Waals surface area (Å²) in [4.78, 5) is 0. The summed E-state index contributed by atoms with van der Waals surface area (Å²) in [6, 6.07) is 54.3. The van der Waals surface area contributed by atoms with Crippen molar-refractivity contribution in [2.45, 2.75) is 13.1 Å². The summed E-state index contributed by atoms with van der Waals surface area (Å²) in [6.07, 6.45) is 0. The minimum atomic E-state index is 0.879. The van der Waals surface area contributed by atoms with Gasteiger partial charge in [-0.1, -0.05) is 109 Å². The molecule has 2 aromatic heterocycles. The van der Waals surface area contributed by atoms with E-state index in [2.05, 4.69) is 155 Å². The van der Waals surface area contributed by atoms with E-state index in [1.807, 2.05) is 0 Å². The third-order valence-electron chi connectivity index (χ3n) is 10.5. The van der Waals surface area contributed by atoms with Crippen molar-refractivity contribution in [3.63, 3.8) is 0 Å². The number of fused-ring (bicyclic) bond motifs is 10. The Morgan fingerprint density at radius 3 is 1.20 bits per heavy atom. The van der Waals surface area contributed by atoms with Gasteiger partial charge in [-0.2, -0.15) is 0 Å². The van der Waals surface area contributed by atoms with Gasteiger partial charge in [0, 0.05) is 45.8 Å². The molecule has 9 aromatic rings. The first-order valence-corrected chi connectivity index (χ1v) is 16.2. The lowest BCUT2D eigenvalue weighted by Gasteiger charge is -2.21. The zero-order valence-corrected chi connectivity index (χ0v) is 25.2. The molecule has 2 heteroatoms. The molecule has 7 aromatic carbocycles. The van der Waals surface area contributed by atoms with Crippen molar-refractivity contribution in [3.8, 4) is 44.5 Å². The van der Waals surface area contributed by atoms with Crippen molar-refractivity contribution < 1.29 is 0 Å². The van der Waals surface area contributed by atoms with Gasteiger partial charge >= 0.3 is 0 Å². The molecule has 2 nitrogen and oxygen atoms in total. The Labute approximate surface area is 266 Å². The summed E-state index contributed by atoms with van der Waals surface area (Å²) in [5.74, 6) is 0. The van der Waals surface area contributed by atoms with Crippen LogP contribution in [0.1, 0.15) is 11.1 Å². The van der Waals surface area contributed by atoms with Crippen LogP contribution in [0, 0.1) is 0 Å². The van der Waals surface area contributed by atoms with Crippen LogP contribution in [0.15, 0.2) is 146 Å². The minimum Gasteiger partial charge on any atom is -0.335 e. The van der Waals surface area contributed by atoms with Crippen LogP contribution in [0.25, 0.3) is 88.1 Å². The summed E-state index contributed by atoms with van der Waals surface area (Å²) in [5.41, 5.74) is 18.5. The smallest absolute Gasteiger partial charge is 0.0574 e. The maximum Gasteiger partial charge on any atom is 0.0574 e. The van der Waals surface area contributed by atoms with Gasteiger partial charge < -0.3 is 9.13 Å². The molecule has 0 aliphatic carbocycles. The van der Waals surface area contributed by atoms with Gasteiger partial charge in [-0.15, -0.1) is 0 Å². The quantitative estimate of drug-likeness (QED) is 0.191. The molecule has 2 aliphatic rings. The molecule has 0 radical (unpaired) electrons. The summed E-state index contributed by atoms with van der Waals surface area (Å²) < 4.78 is 5.16. The van der Waals surface area contributed by atoms with Gasteiger partial charge in [-0.3, -0.25) is 0 Å². The fourth-order valence-corrected chi connectivity index (χ4v) is 8.47. The fraction of sp³-hybridized carbons (Fsp3) is 0.0455. The maximum atomic E-state index is 2.58. The van der Waals surface area contributed by atoms with Crippen molar-refractivity contribution in [2.75, 3.05) is 0 Å². The number of benzene rings is 7. The zero-order chi connectivity index (χ0) is 29.9.